The first-order valence-corrected chi connectivity index (χ1v) is 5.69. The van der Waals surface area contributed by atoms with E-state index in [9.17, 15) is 5.11 Å². The van der Waals surface area contributed by atoms with E-state index >= 15 is 0 Å². The van der Waals surface area contributed by atoms with Gasteiger partial charge in [0.2, 0.25) is 5.90 Å². The average molecular weight is 235 g/mol. The molecule has 0 aromatic heterocycles. The summed E-state index contributed by atoms with van der Waals surface area (Å²) in [6.07, 6.45) is 0. The molecule has 2 rings (SSSR count). The molecule has 1 aliphatic rings. The first-order valence-electron chi connectivity index (χ1n) is 5.69. The van der Waals surface area contributed by atoms with E-state index in [-0.39, 0.29) is 11.8 Å². The molecule has 1 N–H and O–H groups in total. The zero-order valence-electron chi connectivity index (χ0n) is 10.3. The quantitative estimate of drug-likeness (QED) is 0.873. The van der Waals surface area contributed by atoms with Gasteiger partial charge in [0.25, 0.3) is 0 Å². The summed E-state index contributed by atoms with van der Waals surface area (Å²) in [7, 11) is 1.52. The molecular weight excluding hydrogens is 218 g/mol. The Hall–Kier alpha value is -1.71. The molecular formula is C13H17NO3. The zero-order chi connectivity index (χ0) is 12.4. The fourth-order valence-corrected chi connectivity index (χ4v) is 1.70. The molecule has 17 heavy (non-hydrogen) atoms. The van der Waals surface area contributed by atoms with Crippen LogP contribution in [0.3, 0.4) is 0 Å². The molecule has 1 aliphatic heterocycles. The molecule has 1 aromatic rings. The lowest BCUT2D eigenvalue weighted by Gasteiger charge is -2.06. The number of nitrogens with zero attached hydrogens (tertiary/aromatic N) is 1. The number of rotatable bonds is 3. The molecule has 0 unspecified atom stereocenters. The SMILES string of the molecule is COc1cc(C2=N[C@@H](C(C)C)CO2)ccc1O. The van der Waals surface area contributed by atoms with Gasteiger partial charge in [-0.15, -0.1) is 0 Å². The first-order chi connectivity index (χ1) is 8.11. The summed E-state index contributed by atoms with van der Waals surface area (Å²) in [6, 6.07) is 5.31. The number of benzene rings is 1. The second-order valence-corrected chi connectivity index (χ2v) is 4.44. The van der Waals surface area contributed by atoms with Crippen molar-refractivity contribution in [3.63, 3.8) is 0 Å². The molecule has 1 atom stereocenters. The number of aliphatic imine (C=N–C) groups is 1. The maximum atomic E-state index is 9.51. The minimum atomic E-state index is 0.121. The molecule has 4 nitrogen and oxygen atoms in total. The van der Waals surface area contributed by atoms with Crippen molar-refractivity contribution >= 4 is 5.90 Å². The van der Waals surface area contributed by atoms with Crippen LogP contribution in [-0.4, -0.2) is 30.8 Å². The summed E-state index contributed by atoms with van der Waals surface area (Å²) in [5.74, 6) is 1.64. The van der Waals surface area contributed by atoms with Crippen LogP contribution in [0.25, 0.3) is 0 Å². The van der Waals surface area contributed by atoms with Crippen molar-refractivity contribution < 1.29 is 14.6 Å². The predicted molar refractivity (Wildman–Crippen MR) is 65.8 cm³/mol. The van der Waals surface area contributed by atoms with E-state index in [1.807, 2.05) is 0 Å². The van der Waals surface area contributed by atoms with E-state index < -0.39 is 0 Å². The van der Waals surface area contributed by atoms with Crippen LogP contribution >= 0.6 is 0 Å². The molecule has 0 saturated carbocycles. The van der Waals surface area contributed by atoms with Gasteiger partial charge in [0.1, 0.15) is 6.61 Å². The van der Waals surface area contributed by atoms with E-state index in [1.54, 1.807) is 18.2 Å². The highest BCUT2D eigenvalue weighted by molar-refractivity contribution is 5.95. The Labute approximate surface area is 101 Å². The second kappa shape index (κ2) is 4.65. The molecule has 92 valence electrons. The third kappa shape index (κ3) is 2.35. The monoisotopic (exact) mass is 235 g/mol. The number of hydrogen-bond acceptors (Lipinski definition) is 4. The molecule has 0 fully saturated rings. The van der Waals surface area contributed by atoms with Crippen LogP contribution in [0.5, 0.6) is 11.5 Å². The van der Waals surface area contributed by atoms with Crippen LogP contribution in [0.15, 0.2) is 23.2 Å². The fourth-order valence-electron chi connectivity index (χ4n) is 1.70. The lowest BCUT2D eigenvalue weighted by atomic mass is 10.1. The predicted octanol–water partition coefficient (Wildman–Crippen LogP) is 2.20. The maximum absolute atomic E-state index is 9.51. The van der Waals surface area contributed by atoms with Gasteiger partial charge in [-0.2, -0.15) is 0 Å². The van der Waals surface area contributed by atoms with Crippen LogP contribution in [0, 0.1) is 5.92 Å². The largest absolute Gasteiger partial charge is 0.504 e. The Bertz CT molecular complexity index is 440. The van der Waals surface area contributed by atoms with E-state index in [0.29, 0.717) is 24.2 Å². The van der Waals surface area contributed by atoms with Crippen LogP contribution in [0.2, 0.25) is 0 Å². The minimum Gasteiger partial charge on any atom is -0.504 e. The highest BCUT2D eigenvalue weighted by Crippen LogP contribution is 2.28. The van der Waals surface area contributed by atoms with Gasteiger partial charge in [-0.05, 0) is 24.1 Å². The van der Waals surface area contributed by atoms with Crippen molar-refractivity contribution in [3.8, 4) is 11.5 Å². The molecule has 1 aromatic carbocycles. The Morgan fingerprint density at radius 2 is 2.24 bits per heavy atom. The fraction of sp³-hybridized carbons (Fsp3) is 0.462. The Morgan fingerprint density at radius 1 is 1.47 bits per heavy atom. The molecule has 1 heterocycles. The van der Waals surface area contributed by atoms with Gasteiger partial charge in [-0.1, -0.05) is 13.8 Å². The van der Waals surface area contributed by atoms with Crippen LogP contribution in [0.1, 0.15) is 19.4 Å². The van der Waals surface area contributed by atoms with E-state index in [0.717, 1.165) is 5.56 Å². The number of ether oxygens (including phenoxy) is 2. The average Bonchev–Trinajstić information content (AvgIpc) is 2.79. The summed E-state index contributed by atoms with van der Waals surface area (Å²) in [5, 5.41) is 9.51. The standard InChI is InChI=1S/C13H17NO3/c1-8(2)10-7-17-13(14-10)9-4-5-11(15)12(6-9)16-3/h4-6,8,10,15H,7H2,1-3H3/t10-/m1/s1. The number of methoxy groups -OCH3 is 1. The normalized spacial score (nSPS) is 19.1. The number of aromatic hydroxyl groups is 1. The number of hydrogen-bond donors (Lipinski definition) is 1. The summed E-state index contributed by atoms with van der Waals surface area (Å²) in [6.45, 7) is 4.87. The van der Waals surface area contributed by atoms with Gasteiger partial charge < -0.3 is 14.6 Å². The number of phenolic OH excluding ortho intramolecular Hbond substituents is 1. The summed E-state index contributed by atoms with van der Waals surface area (Å²) >= 11 is 0. The summed E-state index contributed by atoms with van der Waals surface area (Å²) in [5.41, 5.74) is 0.836. The van der Waals surface area contributed by atoms with Crippen LogP contribution < -0.4 is 4.74 Å². The lowest BCUT2D eigenvalue weighted by molar-refractivity contribution is 0.291. The Morgan fingerprint density at radius 3 is 2.82 bits per heavy atom. The van der Waals surface area contributed by atoms with Crippen molar-refractivity contribution in [2.45, 2.75) is 19.9 Å². The van der Waals surface area contributed by atoms with Gasteiger partial charge in [-0.3, -0.25) is 0 Å². The van der Waals surface area contributed by atoms with E-state index in [4.69, 9.17) is 9.47 Å². The van der Waals surface area contributed by atoms with Gasteiger partial charge >= 0.3 is 0 Å². The second-order valence-electron chi connectivity index (χ2n) is 4.44. The summed E-state index contributed by atoms with van der Waals surface area (Å²) in [4.78, 5) is 4.52. The van der Waals surface area contributed by atoms with E-state index in [1.165, 1.54) is 7.11 Å². The molecule has 4 heteroatoms. The minimum absolute atomic E-state index is 0.121. The van der Waals surface area contributed by atoms with Crippen molar-refractivity contribution in [2.24, 2.45) is 10.9 Å². The van der Waals surface area contributed by atoms with Gasteiger partial charge in [0.15, 0.2) is 11.5 Å². The zero-order valence-corrected chi connectivity index (χ0v) is 10.3. The Balaban J connectivity index is 2.27. The third-order valence-corrected chi connectivity index (χ3v) is 2.87. The topological polar surface area (TPSA) is 51.0 Å². The number of phenols is 1. The van der Waals surface area contributed by atoms with Crippen molar-refractivity contribution in [1.29, 1.82) is 0 Å². The van der Waals surface area contributed by atoms with Crippen molar-refractivity contribution in [1.82, 2.24) is 0 Å². The van der Waals surface area contributed by atoms with Crippen molar-refractivity contribution in [3.05, 3.63) is 23.8 Å². The first kappa shape index (κ1) is 11.8. The molecule has 0 amide bonds. The van der Waals surface area contributed by atoms with E-state index in [2.05, 4.69) is 18.8 Å². The maximum Gasteiger partial charge on any atom is 0.216 e. The summed E-state index contributed by atoms with van der Waals surface area (Å²) < 4.78 is 10.6. The van der Waals surface area contributed by atoms with Crippen molar-refractivity contribution in [2.75, 3.05) is 13.7 Å². The van der Waals surface area contributed by atoms with Gasteiger partial charge in [0.05, 0.1) is 13.2 Å². The highest BCUT2D eigenvalue weighted by Gasteiger charge is 2.23. The third-order valence-electron chi connectivity index (χ3n) is 2.87. The molecule has 0 saturated heterocycles. The highest BCUT2D eigenvalue weighted by atomic mass is 16.5. The Kier molecular flexibility index (Phi) is 3.22. The van der Waals surface area contributed by atoms with Crippen LogP contribution in [-0.2, 0) is 4.74 Å². The van der Waals surface area contributed by atoms with Gasteiger partial charge in [0, 0.05) is 5.56 Å². The molecule has 0 radical (unpaired) electrons. The molecule has 0 bridgehead atoms. The molecule has 0 aliphatic carbocycles. The molecule has 0 spiro atoms. The lowest BCUT2D eigenvalue weighted by Crippen LogP contribution is -2.13. The van der Waals surface area contributed by atoms with Crippen LogP contribution in [0.4, 0.5) is 0 Å². The van der Waals surface area contributed by atoms with Gasteiger partial charge in [-0.25, -0.2) is 4.99 Å². The smallest absolute Gasteiger partial charge is 0.216 e.